The highest BCUT2D eigenvalue weighted by Gasteiger charge is 2.21. The summed E-state index contributed by atoms with van der Waals surface area (Å²) in [5.41, 5.74) is 1.22. The molecule has 6 heteroatoms. The number of para-hydroxylation sites is 2. The number of fused-ring (bicyclic) bond motifs is 1. The number of carboxylic acid groups (broad SMARTS) is 1. The van der Waals surface area contributed by atoms with E-state index < -0.39 is 5.97 Å². The maximum Gasteiger partial charge on any atom is 0.337 e. The molecule has 0 aliphatic heterocycles. The van der Waals surface area contributed by atoms with E-state index in [4.69, 9.17) is 0 Å². The molecule has 132 valence electrons. The number of nitrogens with zero attached hydrogens (tertiary/aromatic N) is 2. The topological polar surface area (TPSA) is 72.2 Å². The van der Waals surface area contributed by atoms with Gasteiger partial charge in [0.25, 0.3) is 5.56 Å². The van der Waals surface area contributed by atoms with Crippen LogP contribution in [0.25, 0.3) is 28.0 Å². The fourth-order valence-electron chi connectivity index (χ4n) is 3.04. The third-order valence-electron chi connectivity index (χ3n) is 4.25. The van der Waals surface area contributed by atoms with Crippen molar-refractivity contribution in [3.63, 3.8) is 0 Å². The van der Waals surface area contributed by atoms with Crippen molar-refractivity contribution in [2.24, 2.45) is 0 Å². The number of rotatable bonds is 3. The molecule has 0 amide bonds. The summed E-state index contributed by atoms with van der Waals surface area (Å²) in [6.07, 6.45) is 0. The van der Waals surface area contributed by atoms with E-state index in [2.05, 4.69) is 20.9 Å². The van der Waals surface area contributed by atoms with Crippen LogP contribution in [-0.4, -0.2) is 20.6 Å². The average Bonchev–Trinajstić information content (AvgIpc) is 2.69. The third-order valence-corrected chi connectivity index (χ3v) is 4.89. The molecule has 1 heterocycles. The van der Waals surface area contributed by atoms with Crippen LogP contribution < -0.4 is 5.56 Å². The third kappa shape index (κ3) is 2.94. The van der Waals surface area contributed by atoms with Gasteiger partial charge in [-0.05, 0) is 40.2 Å². The maximum absolute atomic E-state index is 13.4. The van der Waals surface area contributed by atoms with Crippen molar-refractivity contribution in [2.75, 3.05) is 0 Å². The fourth-order valence-corrected chi connectivity index (χ4v) is 3.58. The molecule has 0 radical (unpaired) electrons. The number of carbonyl (C=O) groups is 1. The lowest BCUT2D eigenvalue weighted by molar-refractivity contribution is 0.0697. The molecule has 0 atom stereocenters. The van der Waals surface area contributed by atoms with Gasteiger partial charge in [0.1, 0.15) is 5.82 Å². The molecule has 0 saturated heterocycles. The first-order valence-electron chi connectivity index (χ1n) is 8.17. The minimum atomic E-state index is -1.12. The highest BCUT2D eigenvalue weighted by molar-refractivity contribution is 9.10. The summed E-state index contributed by atoms with van der Waals surface area (Å²) in [4.78, 5) is 29.8. The summed E-state index contributed by atoms with van der Waals surface area (Å²) < 4.78 is 1.87. The number of hydrogen-bond acceptors (Lipinski definition) is 3. The van der Waals surface area contributed by atoms with Gasteiger partial charge in [-0.3, -0.25) is 9.36 Å². The number of aromatic carboxylic acids is 1. The SMILES string of the molecule is O=C(O)c1cccc(Br)c1-n1c(-c2ccccc2)nc2ccccc2c1=O. The average molecular weight is 421 g/mol. The van der Waals surface area contributed by atoms with Crippen molar-refractivity contribution in [1.29, 1.82) is 0 Å². The van der Waals surface area contributed by atoms with Crippen LogP contribution in [0.3, 0.4) is 0 Å². The minimum absolute atomic E-state index is 0.0146. The number of benzene rings is 3. The second-order valence-corrected chi connectivity index (χ2v) is 6.75. The van der Waals surface area contributed by atoms with E-state index in [1.165, 1.54) is 10.6 Å². The van der Waals surface area contributed by atoms with E-state index in [1.807, 2.05) is 36.4 Å². The lowest BCUT2D eigenvalue weighted by Crippen LogP contribution is -2.24. The van der Waals surface area contributed by atoms with Crippen LogP contribution >= 0.6 is 15.9 Å². The van der Waals surface area contributed by atoms with Gasteiger partial charge in [-0.1, -0.05) is 48.5 Å². The van der Waals surface area contributed by atoms with Gasteiger partial charge in [-0.2, -0.15) is 0 Å². The highest BCUT2D eigenvalue weighted by Crippen LogP contribution is 2.29. The molecule has 0 aliphatic rings. The van der Waals surface area contributed by atoms with Gasteiger partial charge in [-0.15, -0.1) is 0 Å². The molecule has 1 aromatic heterocycles. The van der Waals surface area contributed by atoms with Gasteiger partial charge in [0.15, 0.2) is 0 Å². The van der Waals surface area contributed by atoms with Gasteiger partial charge in [0.05, 0.1) is 22.2 Å². The van der Waals surface area contributed by atoms with Crippen molar-refractivity contribution >= 4 is 32.8 Å². The van der Waals surface area contributed by atoms with Crippen LogP contribution in [0.2, 0.25) is 0 Å². The normalized spacial score (nSPS) is 10.9. The van der Waals surface area contributed by atoms with Crippen LogP contribution in [0.5, 0.6) is 0 Å². The maximum atomic E-state index is 13.4. The van der Waals surface area contributed by atoms with Crippen molar-refractivity contribution in [3.05, 3.63) is 93.2 Å². The molecule has 1 N–H and O–H groups in total. The Balaban J connectivity index is 2.20. The molecule has 0 aliphatic carbocycles. The van der Waals surface area contributed by atoms with Gasteiger partial charge in [0, 0.05) is 10.0 Å². The zero-order valence-corrected chi connectivity index (χ0v) is 15.6. The van der Waals surface area contributed by atoms with E-state index in [1.54, 1.807) is 30.3 Å². The first kappa shape index (κ1) is 17.2. The highest BCUT2D eigenvalue weighted by atomic mass is 79.9. The van der Waals surface area contributed by atoms with Gasteiger partial charge in [0.2, 0.25) is 0 Å². The standard InChI is InChI=1S/C21H13BrN2O3/c22-16-11-6-10-15(21(26)27)18(16)24-19(13-7-2-1-3-8-13)23-17-12-5-4-9-14(17)20(24)25/h1-12H,(H,26,27). The molecule has 0 bridgehead atoms. The Bertz CT molecular complexity index is 1230. The molecular weight excluding hydrogens is 408 g/mol. The minimum Gasteiger partial charge on any atom is -0.478 e. The first-order valence-corrected chi connectivity index (χ1v) is 8.96. The molecule has 0 fully saturated rings. The molecular formula is C21H13BrN2O3. The second kappa shape index (κ2) is 6.81. The molecule has 27 heavy (non-hydrogen) atoms. The van der Waals surface area contributed by atoms with Crippen LogP contribution in [0.4, 0.5) is 0 Å². The van der Waals surface area contributed by atoms with E-state index in [-0.39, 0.29) is 16.8 Å². The Morgan fingerprint density at radius 3 is 2.37 bits per heavy atom. The van der Waals surface area contributed by atoms with Crippen LogP contribution in [0.15, 0.2) is 82.1 Å². The first-order chi connectivity index (χ1) is 13.1. The van der Waals surface area contributed by atoms with Gasteiger partial charge in [-0.25, -0.2) is 9.78 Å². The van der Waals surface area contributed by atoms with Gasteiger partial charge < -0.3 is 5.11 Å². The molecule has 4 aromatic rings. The molecule has 5 nitrogen and oxygen atoms in total. The second-order valence-electron chi connectivity index (χ2n) is 5.90. The summed E-state index contributed by atoms with van der Waals surface area (Å²) in [6, 6.07) is 21.1. The zero-order valence-electron chi connectivity index (χ0n) is 14.0. The van der Waals surface area contributed by atoms with E-state index in [0.717, 1.165) is 0 Å². The summed E-state index contributed by atoms with van der Waals surface area (Å²) >= 11 is 3.41. The Morgan fingerprint density at radius 1 is 0.926 bits per heavy atom. The van der Waals surface area contributed by atoms with Crippen LogP contribution in [0, 0.1) is 0 Å². The summed E-state index contributed by atoms with van der Waals surface area (Å²) in [6.45, 7) is 0. The van der Waals surface area contributed by atoms with E-state index in [0.29, 0.717) is 26.8 Å². The van der Waals surface area contributed by atoms with Crippen molar-refractivity contribution in [1.82, 2.24) is 9.55 Å². The van der Waals surface area contributed by atoms with Crippen molar-refractivity contribution in [2.45, 2.75) is 0 Å². The summed E-state index contributed by atoms with van der Waals surface area (Å²) in [7, 11) is 0. The molecule has 0 saturated carbocycles. The number of aromatic nitrogens is 2. The fraction of sp³-hybridized carbons (Fsp3) is 0. The molecule has 3 aromatic carbocycles. The Hall–Kier alpha value is -3.25. The zero-order chi connectivity index (χ0) is 19.0. The van der Waals surface area contributed by atoms with Crippen molar-refractivity contribution < 1.29 is 9.90 Å². The number of hydrogen-bond donors (Lipinski definition) is 1. The Kier molecular flexibility index (Phi) is 4.33. The molecule has 0 spiro atoms. The van der Waals surface area contributed by atoms with Crippen LogP contribution in [0.1, 0.15) is 10.4 Å². The van der Waals surface area contributed by atoms with E-state index in [9.17, 15) is 14.7 Å². The lowest BCUT2D eigenvalue weighted by atomic mass is 10.1. The Morgan fingerprint density at radius 2 is 1.63 bits per heavy atom. The predicted octanol–water partition coefficient (Wildman–Crippen LogP) is 4.51. The number of halogens is 1. The Labute approximate surface area is 162 Å². The predicted molar refractivity (Wildman–Crippen MR) is 107 cm³/mol. The monoisotopic (exact) mass is 420 g/mol. The molecule has 0 unspecified atom stereocenters. The largest absolute Gasteiger partial charge is 0.478 e. The van der Waals surface area contributed by atoms with Crippen LogP contribution in [-0.2, 0) is 0 Å². The smallest absolute Gasteiger partial charge is 0.337 e. The lowest BCUT2D eigenvalue weighted by Gasteiger charge is -2.17. The summed E-state index contributed by atoms with van der Waals surface area (Å²) in [5, 5.41) is 10.1. The number of carboxylic acids is 1. The molecule has 4 rings (SSSR count). The van der Waals surface area contributed by atoms with E-state index >= 15 is 0 Å². The van der Waals surface area contributed by atoms with Gasteiger partial charge >= 0.3 is 5.97 Å². The van der Waals surface area contributed by atoms with Crippen molar-refractivity contribution in [3.8, 4) is 17.1 Å². The quantitative estimate of drug-likeness (QED) is 0.528. The summed E-state index contributed by atoms with van der Waals surface area (Å²) in [5.74, 6) is -0.737.